The lowest BCUT2D eigenvalue weighted by molar-refractivity contribution is 0.111. The predicted molar refractivity (Wildman–Crippen MR) is 59.6 cm³/mol. The Morgan fingerprint density at radius 2 is 2.13 bits per heavy atom. The van der Waals surface area contributed by atoms with Crippen LogP contribution in [0, 0.1) is 0 Å². The lowest BCUT2D eigenvalue weighted by Crippen LogP contribution is -2.26. The van der Waals surface area contributed by atoms with Crippen molar-refractivity contribution in [2.24, 2.45) is 0 Å². The van der Waals surface area contributed by atoms with Crippen molar-refractivity contribution in [3.63, 3.8) is 0 Å². The summed E-state index contributed by atoms with van der Waals surface area (Å²) in [4.78, 5) is 0. The molecule has 15 heavy (non-hydrogen) atoms. The summed E-state index contributed by atoms with van der Waals surface area (Å²) >= 11 is 0. The maximum absolute atomic E-state index is 9.97. The van der Waals surface area contributed by atoms with Gasteiger partial charge in [0.2, 0.25) is 0 Å². The van der Waals surface area contributed by atoms with E-state index in [-0.39, 0.29) is 0 Å². The van der Waals surface area contributed by atoms with Crippen LogP contribution in [0.25, 0.3) is 17.0 Å². The van der Waals surface area contributed by atoms with Gasteiger partial charge in [0, 0.05) is 17.4 Å². The highest BCUT2D eigenvalue weighted by molar-refractivity contribution is 5.85. The molecule has 0 fully saturated rings. The Kier molecular flexibility index (Phi) is 1.59. The summed E-state index contributed by atoms with van der Waals surface area (Å²) in [7, 11) is 0. The van der Waals surface area contributed by atoms with Gasteiger partial charge in [-0.15, -0.1) is 0 Å². The standard InChI is InChI=1S/C13H12O2/c1-13(14)7-6-12-10(8-13)9-4-2-3-5-11(9)15-12/h2-7,14H,8H2,1H3. The van der Waals surface area contributed by atoms with E-state index in [9.17, 15) is 5.11 Å². The Morgan fingerprint density at radius 3 is 3.00 bits per heavy atom. The van der Waals surface area contributed by atoms with Gasteiger partial charge in [-0.05, 0) is 25.1 Å². The fourth-order valence-corrected chi connectivity index (χ4v) is 2.11. The molecule has 2 heteroatoms. The number of aliphatic hydroxyl groups is 1. The van der Waals surface area contributed by atoms with Gasteiger partial charge < -0.3 is 9.52 Å². The van der Waals surface area contributed by atoms with Crippen LogP contribution in [0.15, 0.2) is 34.8 Å². The minimum absolute atomic E-state index is 0.621. The molecule has 0 amide bonds. The number of rotatable bonds is 0. The monoisotopic (exact) mass is 200 g/mol. The minimum atomic E-state index is -0.750. The highest BCUT2D eigenvalue weighted by Gasteiger charge is 2.26. The zero-order valence-electron chi connectivity index (χ0n) is 8.53. The average Bonchev–Trinajstić information content (AvgIpc) is 2.55. The largest absolute Gasteiger partial charge is 0.456 e. The van der Waals surface area contributed by atoms with Crippen molar-refractivity contribution >= 4 is 17.0 Å². The van der Waals surface area contributed by atoms with Gasteiger partial charge in [0.25, 0.3) is 0 Å². The number of furan rings is 1. The van der Waals surface area contributed by atoms with Gasteiger partial charge in [-0.1, -0.05) is 18.2 Å². The molecule has 1 aliphatic carbocycles. The van der Waals surface area contributed by atoms with E-state index >= 15 is 0 Å². The molecule has 0 aliphatic heterocycles. The van der Waals surface area contributed by atoms with E-state index in [1.165, 1.54) is 0 Å². The van der Waals surface area contributed by atoms with Crippen LogP contribution < -0.4 is 0 Å². The molecule has 1 heterocycles. The van der Waals surface area contributed by atoms with E-state index in [0.29, 0.717) is 6.42 Å². The molecule has 0 radical (unpaired) electrons. The van der Waals surface area contributed by atoms with Crippen molar-refractivity contribution < 1.29 is 9.52 Å². The van der Waals surface area contributed by atoms with Crippen LogP contribution >= 0.6 is 0 Å². The normalized spacial score (nSPS) is 24.4. The molecule has 1 atom stereocenters. The molecule has 0 bridgehead atoms. The van der Waals surface area contributed by atoms with E-state index in [2.05, 4.69) is 0 Å². The highest BCUT2D eigenvalue weighted by Crippen LogP contribution is 2.33. The Bertz CT molecular complexity index is 547. The van der Waals surface area contributed by atoms with Crippen molar-refractivity contribution in [2.45, 2.75) is 18.9 Å². The number of para-hydroxylation sites is 1. The van der Waals surface area contributed by atoms with Crippen molar-refractivity contribution in [3.05, 3.63) is 41.7 Å². The van der Waals surface area contributed by atoms with Crippen LogP contribution in [0.5, 0.6) is 0 Å². The van der Waals surface area contributed by atoms with Gasteiger partial charge >= 0.3 is 0 Å². The lowest BCUT2D eigenvalue weighted by atomic mass is 9.90. The molecule has 3 rings (SSSR count). The quantitative estimate of drug-likeness (QED) is 0.709. The summed E-state index contributed by atoms with van der Waals surface area (Å²) in [5.74, 6) is 0.878. The first-order valence-electron chi connectivity index (χ1n) is 5.08. The molecule has 76 valence electrons. The third kappa shape index (κ3) is 1.29. The minimum Gasteiger partial charge on any atom is -0.456 e. The molecule has 0 saturated carbocycles. The van der Waals surface area contributed by atoms with E-state index < -0.39 is 5.60 Å². The van der Waals surface area contributed by atoms with Crippen LogP contribution in [0.3, 0.4) is 0 Å². The first-order valence-corrected chi connectivity index (χ1v) is 5.08. The molecular weight excluding hydrogens is 188 g/mol. The zero-order chi connectivity index (χ0) is 10.5. The summed E-state index contributed by atoms with van der Waals surface area (Å²) in [6, 6.07) is 7.94. The first-order chi connectivity index (χ1) is 7.16. The molecule has 0 saturated heterocycles. The van der Waals surface area contributed by atoms with Gasteiger partial charge in [-0.25, -0.2) is 0 Å². The second-order valence-corrected chi connectivity index (χ2v) is 4.31. The third-order valence-electron chi connectivity index (χ3n) is 2.86. The Labute approximate surface area is 87.8 Å². The summed E-state index contributed by atoms with van der Waals surface area (Å²) in [5.41, 5.74) is 1.25. The molecule has 1 N–H and O–H groups in total. The second-order valence-electron chi connectivity index (χ2n) is 4.31. The average molecular weight is 200 g/mol. The van der Waals surface area contributed by atoms with Gasteiger partial charge in [0.15, 0.2) is 0 Å². The highest BCUT2D eigenvalue weighted by atomic mass is 16.3. The fraction of sp³-hybridized carbons (Fsp3) is 0.231. The van der Waals surface area contributed by atoms with Crippen molar-refractivity contribution in [3.8, 4) is 0 Å². The molecule has 2 aromatic rings. The molecule has 1 aromatic heterocycles. The molecular formula is C13H12O2. The van der Waals surface area contributed by atoms with Crippen molar-refractivity contribution in [1.82, 2.24) is 0 Å². The van der Waals surface area contributed by atoms with E-state index in [1.807, 2.05) is 37.3 Å². The van der Waals surface area contributed by atoms with E-state index in [0.717, 1.165) is 22.3 Å². The number of hydrogen-bond donors (Lipinski definition) is 1. The number of hydrogen-bond acceptors (Lipinski definition) is 2. The fourth-order valence-electron chi connectivity index (χ4n) is 2.11. The van der Waals surface area contributed by atoms with Crippen molar-refractivity contribution in [2.75, 3.05) is 0 Å². The summed E-state index contributed by atoms with van der Waals surface area (Å²) in [5, 5.41) is 11.1. The first kappa shape index (κ1) is 8.74. The Morgan fingerprint density at radius 1 is 1.33 bits per heavy atom. The van der Waals surface area contributed by atoms with Crippen LogP contribution in [0.4, 0.5) is 0 Å². The molecule has 1 aromatic carbocycles. The Hall–Kier alpha value is -1.54. The van der Waals surface area contributed by atoms with Crippen LogP contribution in [-0.4, -0.2) is 10.7 Å². The van der Waals surface area contributed by atoms with E-state index in [4.69, 9.17) is 4.42 Å². The zero-order valence-corrected chi connectivity index (χ0v) is 8.53. The van der Waals surface area contributed by atoms with Gasteiger partial charge in [-0.3, -0.25) is 0 Å². The van der Waals surface area contributed by atoms with E-state index in [1.54, 1.807) is 6.08 Å². The van der Waals surface area contributed by atoms with Crippen LogP contribution in [-0.2, 0) is 6.42 Å². The Balaban J connectivity index is 2.29. The maximum atomic E-state index is 9.97. The number of fused-ring (bicyclic) bond motifs is 3. The SMILES string of the molecule is CC1(O)C=Cc2oc3ccccc3c2C1. The summed E-state index contributed by atoms with van der Waals surface area (Å²) < 4.78 is 5.69. The van der Waals surface area contributed by atoms with Crippen molar-refractivity contribution in [1.29, 1.82) is 0 Å². The van der Waals surface area contributed by atoms with Gasteiger partial charge in [-0.2, -0.15) is 0 Å². The lowest BCUT2D eigenvalue weighted by Gasteiger charge is -2.21. The molecule has 1 aliphatic rings. The van der Waals surface area contributed by atoms with Crippen LogP contribution in [0.1, 0.15) is 18.2 Å². The third-order valence-corrected chi connectivity index (χ3v) is 2.86. The van der Waals surface area contributed by atoms with Gasteiger partial charge in [0.05, 0.1) is 5.60 Å². The van der Waals surface area contributed by atoms with Gasteiger partial charge in [0.1, 0.15) is 11.3 Å². The summed E-state index contributed by atoms with van der Waals surface area (Å²) in [6.07, 6.45) is 4.27. The molecule has 2 nitrogen and oxygen atoms in total. The summed E-state index contributed by atoms with van der Waals surface area (Å²) in [6.45, 7) is 1.81. The maximum Gasteiger partial charge on any atom is 0.135 e. The topological polar surface area (TPSA) is 33.4 Å². The molecule has 0 spiro atoms. The molecule has 1 unspecified atom stereocenters. The second kappa shape index (κ2) is 2.74. The van der Waals surface area contributed by atoms with Crippen LogP contribution in [0.2, 0.25) is 0 Å². The smallest absolute Gasteiger partial charge is 0.135 e. The number of benzene rings is 1. The predicted octanol–water partition coefficient (Wildman–Crippen LogP) is 2.75.